The Labute approximate surface area is 124 Å². The molecule has 122 valence electrons. The zero-order valence-corrected chi connectivity index (χ0v) is 12.0. The fraction of sp³-hybridized carbons (Fsp3) is 0.533. The molecule has 22 heavy (non-hydrogen) atoms. The summed E-state index contributed by atoms with van der Waals surface area (Å²) in [5.74, 6) is -10.7. The van der Waals surface area contributed by atoms with Crippen LogP contribution in [0, 0.1) is 35.0 Å². The van der Waals surface area contributed by atoms with Crippen molar-refractivity contribution in [2.45, 2.75) is 45.1 Å². The molecule has 0 saturated heterocycles. The summed E-state index contributed by atoms with van der Waals surface area (Å²) in [4.78, 5) is 11.9. The van der Waals surface area contributed by atoms with Gasteiger partial charge in [0.15, 0.2) is 23.3 Å². The van der Waals surface area contributed by atoms with Crippen molar-refractivity contribution < 1.29 is 26.7 Å². The molecule has 2 atom stereocenters. The van der Waals surface area contributed by atoms with E-state index in [9.17, 15) is 26.7 Å². The Bertz CT molecular complexity index is 561. The van der Waals surface area contributed by atoms with Gasteiger partial charge in [-0.2, -0.15) is 0 Å². The minimum absolute atomic E-state index is 0.137. The highest BCUT2D eigenvalue weighted by Crippen LogP contribution is 2.25. The maximum Gasteiger partial charge on any atom is 0.224 e. The van der Waals surface area contributed by atoms with Gasteiger partial charge in [0.1, 0.15) is 0 Å². The molecule has 0 spiro atoms. The van der Waals surface area contributed by atoms with Crippen LogP contribution in [0.15, 0.2) is 0 Å². The van der Waals surface area contributed by atoms with Crippen LogP contribution in [-0.2, 0) is 11.2 Å². The third-order valence-electron chi connectivity index (χ3n) is 4.10. The van der Waals surface area contributed by atoms with Gasteiger partial charge in [-0.1, -0.05) is 19.8 Å². The predicted octanol–water partition coefficient (Wildman–Crippen LogP) is 3.62. The molecule has 2 nitrogen and oxygen atoms in total. The van der Waals surface area contributed by atoms with Gasteiger partial charge in [0.05, 0.1) is 6.42 Å². The molecule has 1 aromatic rings. The molecule has 1 aromatic carbocycles. The molecule has 1 saturated carbocycles. The largest absolute Gasteiger partial charge is 0.353 e. The molecule has 1 fully saturated rings. The number of benzene rings is 1. The van der Waals surface area contributed by atoms with Crippen LogP contribution in [-0.4, -0.2) is 11.9 Å². The molecular formula is C15H16F5NO. The van der Waals surface area contributed by atoms with Crippen molar-refractivity contribution in [3.8, 4) is 0 Å². The number of hydrogen-bond acceptors (Lipinski definition) is 1. The summed E-state index contributed by atoms with van der Waals surface area (Å²) in [6.07, 6.45) is 2.76. The van der Waals surface area contributed by atoms with E-state index >= 15 is 0 Å². The predicted molar refractivity (Wildman–Crippen MR) is 69.5 cm³/mol. The van der Waals surface area contributed by atoms with Gasteiger partial charge in [0, 0.05) is 11.6 Å². The van der Waals surface area contributed by atoms with E-state index in [1.54, 1.807) is 0 Å². The highest BCUT2D eigenvalue weighted by molar-refractivity contribution is 5.79. The van der Waals surface area contributed by atoms with E-state index in [-0.39, 0.29) is 12.0 Å². The smallest absolute Gasteiger partial charge is 0.224 e. The Morgan fingerprint density at radius 2 is 1.45 bits per heavy atom. The fourth-order valence-corrected chi connectivity index (χ4v) is 2.75. The first-order valence-corrected chi connectivity index (χ1v) is 7.12. The molecule has 0 unspecified atom stereocenters. The van der Waals surface area contributed by atoms with Crippen molar-refractivity contribution >= 4 is 5.91 Å². The number of hydrogen-bond donors (Lipinski definition) is 1. The first kappa shape index (κ1) is 16.7. The average Bonchev–Trinajstić information content (AvgIpc) is 2.50. The number of amides is 1. The van der Waals surface area contributed by atoms with Crippen LogP contribution in [0.1, 0.15) is 38.2 Å². The summed E-state index contributed by atoms with van der Waals surface area (Å²) in [5.41, 5.74) is -1.10. The van der Waals surface area contributed by atoms with Crippen molar-refractivity contribution in [3.63, 3.8) is 0 Å². The molecule has 0 aliphatic heterocycles. The Morgan fingerprint density at radius 1 is 0.955 bits per heavy atom. The number of rotatable bonds is 3. The van der Waals surface area contributed by atoms with Crippen LogP contribution in [0.3, 0.4) is 0 Å². The summed E-state index contributed by atoms with van der Waals surface area (Å²) >= 11 is 0. The first-order valence-electron chi connectivity index (χ1n) is 7.12. The number of halogens is 5. The van der Waals surface area contributed by atoms with Crippen LogP contribution in [0.25, 0.3) is 0 Å². The van der Waals surface area contributed by atoms with E-state index < -0.39 is 47.0 Å². The van der Waals surface area contributed by atoms with Crippen molar-refractivity contribution in [2.75, 3.05) is 0 Å². The minimum Gasteiger partial charge on any atom is -0.353 e. The van der Waals surface area contributed by atoms with E-state index in [0.717, 1.165) is 25.7 Å². The van der Waals surface area contributed by atoms with Gasteiger partial charge in [-0.15, -0.1) is 0 Å². The second-order valence-corrected chi connectivity index (χ2v) is 5.66. The Kier molecular flexibility index (Phi) is 5.03. The van der Waals surface area contributed by atoms with E-state index in [1.165, 1.54) is 0 Å². The summed E-state index contributed by atoms with van der Waals surface area (Å²) in [7, 11) is 0. The van der Waals surface area contributed by atoms with Gasteiger partial charge in [0.2, 0.25) is 11.7 Å². The van der Waals surface area contributed by atoms with Gasteiger partial charge in [0.25, 0.3) is 0 Å². The van der Waals surface area contributed by atoms with Crippen LogP contribution in [0.2, 0.25) is 0 Å². The molecule has 7 heteroatoms. The van der Waals surface area contributed by atoms with Gasteiger partial charge < -0.3 is 5.32 Å². The normalized spacial score (nSPS) is 21.7. The Morgan fingerprint density at radius 3 is 2.00 bits per heavy atom. The standard InChI is InChI=1S/C15H16F5NO/c1-7-4-2-3-5-9(7)21-10(22)6-8-11(16)13(18)15(20)14(19)12(8)17/h7,9H,2-6H2,1H3,(H,21,22)/t7-,9-/m1/s1. The van der Waals surface area contributed by atoms with Gasteiger partial charge in [-0.3, -0.25) is 4.79 Å². The highest BCUT2D eigenvalue weighted by Gasteiger charge is 2.28. The molecule has 2 rings (SSSR count). The average molecular weight is 321 g/mol. The third-order valence-corrected chi connectivity index (χ3v) is 4.10. The lowest BCUT2D eigenvalue weighted by molar-refractivity contribution is -0.121. The van der Waals surface area contributed by atoms with Crippen LogP contribution < -0.4 is 5.32 Å². The first-order chi connectivity index (χ1) is 10.3. The SMILES string of the molecule is C[C@@H]1CCCC[C@H]1NC(=O)Cc1c(F)c(F)c(F)c(F)c1F. The lowest BCUT2D eigenvalue weighted by Crippen LogP contribution is -2.42. The molecular weight excluding hydrogens is 305 g/mol. The lowest BCUT2D eigenvalue weighted by atomic mass is 9.86. The topological polar surface area (TPSA) is 29.1 Å². The second kappa shape index (κ2) is 6.62. The summed E-state index contributed by atoms with van der Waals surface area (Å²) in [6, 6.07) is -0.137. The summed E-state index contributed by atoms with van der Waals surface area (Å²) in [6.45, 7) is 1.95. The monoisotopic (exact) mass is 321 g/mol. The molecule has 0 aromatic heterocycles. The maximum absolute atomic E-state index is 13.5. The molecule has 1 amide bonds. The Balaban J connectivity index is 2.15. The van der Waals surface area contributed by atoms with Crippen molar-refractivity contribution in [2.24, 2.45) is 5.92 Å². The highest BCUT2D eigenvalue weighted by atomic mass is 19.2. The molecule has 0 heterocycles. The van der Waals surface area contributed by atoms with Crippen LogP contribution in [0.4, 0.5) is 22.0 Å². The minimum atomic E-state index is -2.22. The van der Waals surface area contributed by atoms with Gasteiger partial charge in [-0.05, 0) is 18.8 Å². The summed E-state index contributed by atoms with van der Waals surface area (Å²) < 4.78 is 66.1. The van der Waals surface area contributed by atoms with Crippen molar-refractivity contribution in [1.29, 1.82) is 0 Å². The molecule has 0 radical (unpaired) electrons. The zero-order valence-electron chi connectivity index (χ0n) is 12.0. The zero-order chi connectivity index (χ0) is 16.4. The second-order valence-electron chi connectivity index (χ2n) is 5.66. The molecule has 1 aliphatic carbocycles. The van der Waals surface area contributed by atoms with E-state index in [2.05, 4.69) is 5.32 Å². The maximum atomic E-state index is 13.5. The third kappa shape index (κ3) is 3.23. The van der Waals surface area contributed by atoms with Crippen molar-refractivity contribution in [1.82, 2.24) is 5.32 Å². The number of nitrogens with one attached hydrogen (secondary N) is 1. The Hall–Kier alpha value is -1.66. The van der Waals surface area contributed by atoms with Gasteiger partial charge in [-0.25, -0.2) is 22.0 Å². The van der Waals surface area contributed by atoms with E-state index in [0.29, 0.717) is 0 Å². The van der Waals surface area contributed by atoms with Crippen molar-refractivity contribution in [3.05, 3.63) is 34.6 Å². The van der Waals surface area contributed by atoms with E-state index in [4.69, 9.17) is 0 Å². The molecule has 1 N–H and O–H groups in total. The molecule has 1 aliphatic rings. The number of carbonyl (C=O) groups excluding carboxylic acids is 1. The quantitative estimate of drug-likeness (QED) is 0.514. The summed E-state index contributed by atoms with van der Waals surface area (Å²) in [5, 5.41) is 2.61. The molecule has 0 bridgehead atoms. The van der Waals surface area contributed by atoms with E-state index in [1.807, 2.05) is 6.92 Å². The van der Waals surface area contributed by atoms with Crippen LogP contribution >= 0.6 is 0 Å². The lowest BCUT2D eigenvalue weighted by Gasteiger charge is -2.29. The number of carbonyl (C=O) groups is 1. The van der Waals surface area contributed by atoms with Crippen LogP contribution in [0.5, 0.6) is 0 Å². The fourth-order valence-electron chi connectivity index (χ4n) is 2.75. The van der Waals surface area contributed by atoms with Gasteiger partial charge >= 0.3 is 0 Å².